The van der Waals surface area contributed by atoms with Crippen molar-refractivity contribution in [3.05, 3.63) is 156 Å². The van der Waals surface area contributed by atoms with Crippen LogP contribution in [-0.2, 0) is 6.42 Å². The fraction of sp³-hybridized carbons (Fsp3) is 0.0938. The number of fused-ring (bicyclic) bond motifs is 1. The summed E-state index contributed by atoms with van der Waals surface area (Å²) in [6, 6.07) is 41.9. The first-order chi connectivity index (χ1) is 18.3. The highest BCUT2D eigenvalue weighted by molar-refractivity contribution is 9.09. The third-order valence-electron chi connectivity index (χ3n) is 5.99. The first-order valence-electron chi connectivity index (χ1n) is 12.2. The van der Waals surface area contributed by atoms with Crippen molar-refractivity contribution in [1.29, 1.82) is 0 Å². The molecule has 3 nitrogen and oxygen atoms in total. The summed E-state index contributed by atoms with van der Waals surface area (Å²) in [5, 5.41) is 1.13. The van der Waals surface area contributed by atoms with E-state index in [-0.39, 0.29) is 5.25 Å². The summed E-state index contributed by atoms with van der Waals surface area (Å²) in [7, 11) is 0. The van der Waals surface area contributed by atoms with Crippen molar-refractivity contribution in [3.8, 4) is 0 Å². The summed E-state index contributed by atoms with van der Waals surface area (Å²) in [5.41, 5.74) is 7.05. The smallest absolute Gasteiger partial charge is 0.126 e. The van der Waals surface area contributed by atoms with Crippen molar-refractivity contribution >= 4 is 39.6 Å². The van der Waals surface area contributed by atoms with Gasteiger partial charge in [0.15, 0.2) is 0 Å². The highest BCUT2D eigenvalue weighted by atomic mass is 79.9. The van der Waals surface area contributed by atoms with E-state index in [0.717, 1.165) is 22.8 Å². The number of aliphatic imine (C=N–C) groups is 1. The van der Waals surface area contributed by atoms with Crippen LogP contribution in [0.1, 0.15) is 38.0 Å². The number of halogens is 1. The van der Waals surface area contributed by atoms with E-state index >= 15 is 0 Å². The summed E-state index contributed by atoms with van der Waals surface area (Å²) >= 11 is 5.43. The van der Waals surface area contributed by atoms with Crippen LogP contribution in [-0.4, -0.2) is 16.2 Å². The standard InChI is InChI=1S/C19H15N3S.C13H11Br/c1-3-7-14(8-4-1)18(15-9-5-2-6-10-15)23-19-17-16(11-12-20-17)21-13-22-19;14-13(11-7-3-1-4-8-11)12-9-5-2-6-10-12/h1-10,12-13,18H,11H2;1-10,13H. The molecule has 0 atom stereocenters. The molecule has 182 valence electrons. The van der Waals surface area contributed by atoms with Crippen LogP contribution < -0.4 is 0 Å². The zero-order valence-corrected chi connectivity index (χ0v) is 22.6. The number of hydrogen-bond donors (Lipinski definition) is 0. The largest absolute Gasteiger partial charge is 0.256 e. The summed E-state index contributed by atoms with van der Waals surface area (Å²) in [6.45, 7) is 0. The Labute approximate surface area is 230 Å². The predicted octanol–water partition coefficient (Wildman–Crippen LogP) is 8.79. The topological polar surface area (TPSA) is 38.1 Å². The minimum Gasteiger partial charge on any atom is -0.256 e. The second kappa shape index (κ2) is 12.6. The Hall–Kier alpha value is -3.54. The molecule has 0 fully saturated rings. The Bertz CT molecular complexity index is 1350. The molecule has 1 aromatic heterocycles. The van der Waals surface area contributed by atoms with E-state index in [9.17, 15) is 0 Å². The molecule has 0 unspecified atom stereocenters. The minimum atomic E-state index is 0.187. The van der Waals surface area contributed by atoms with Crippen molar-refractivity contribution in [1.82, 2.24) is 9.97 Å². The van der Waals surface area contributed by atoms with Crippen molar-refractivity contribution in [2.24, 2.45) is 4.99 Å². The third kappa shape index (κ3) is 6.43. The van der Waals surface area contributed by atoms with Gasteiger partial charge in [-0.1, -0.05) is 149 Å². The zero-order chi connectivity index (χ0) is 25.3. The first kappa shape index (κ1) is 25.1. The molecular formula is C32H26BrN3S. The third-order valence-corrected chi connectivity index (χ3v) is 8.35. The molecular weight excluding hydrogens is 538 g/mol. The number of thioether (sulfide) groups is 1. The Morgan fingerprint density at radius 1 is 0.595 bits per heavy atom. The van der Waals surface area contributed by atoms with Gasteiger partial charge in [0.05, 0.1) is 15.8 Å². The van der Waals surface area contributed by atoms with Crippen LogP contribution >= 0.6 is 27.7 Å². The van der Waals surface area contributed by atoms with Gasteiger partial charge in [-0.3, -0.25) is 4.99 Å². The molecule has 4 aromatic carbocycles. The van der Waals surface area contributed by atoms with Crippen LogP contribution in [0.25, 0.3) is 0 Å². The van der Waals surface area contributed by atoms with Crippen LogP contribution in [0.2, 0.25) is 0 Å². The molecule has 1 aliphatic heterocycles. The summed E-state index contributed by atoms with van der Waals surface area (Å²) in [6.07, 6.45) is 4.35. The number of aromatic nitrogens is 2. The molecule has 0 N–H and O–H groups in total. The van der Waals surface area contributed by atoms with Crippen molar-refractivity contribution in [2.45, 2.75) is 21.5 Å². The van der Waals surface area contributed by atoms with E-state index in [1.165, 1.54) is 22.3 Å². The average molecular weight is 565 g/mol. The molecule has 0 aliphatic carbocycles. The Morgan fingerprint density at radius 3 is 1.54 bits per heavy atom. The fourth-order valence-electron chi connectivity index (χ4n) is 4.12. The molecule has 37 heavy (non-hydrogen) atoms. The Kier molecular flexibility index (Phi) is 8.57. The lowest BCUT2D eigenvalue weighted by Crippen LogP contribution is -1.98. The maximum absolute atomic E-state index is 4.48. The molecule has 5 aromatic rings. The van der Waals surface area contributed by atoms with Gasteiger partial charge in [0.2, 0.25) is 0 Å². The number of benzene rings is 4. The lowest BCUT2D eigenvalue weighted by Gasteiger charge is -2.18. The number of rotatable bonds is 6. The molecule has 0 spiro atoms. The molecule has 5 heteroatoms. The van der Waals surface area contributed by atoms with Gasteiger partial charge in [-0.15, -0.1) is 0 Å². The van der Waals surface area contributed by atoms with Gasteiger partial charge >= 0.3 is 0 Å². The molecule has 0 saturated carbocycles. The number of hydrogen-bond acceptors (Lipinski definition) is 4. The van der Waals surface area contributed by atoms with Crippen LogP contribution in [0.3, 0.4) is 0 Å². The Morgan fingerprint density at radius 2 is 1.05 bits per heavy atom. The van der Waals surface area contributed by atoms with E-state index in [1.54, 1.807) is 18.1 Å². The van der Waals surface area contributed by atoms with E-state index < -0.39 is 0 Å². The number of alkyl halides is 1. The van der Waals surface area contributed by atoms with Crippen molar-refractivity contribution in [2.75, 3.05) is 0 Å². The maximum Gasteiger partial charge on any atom is 0.126 e. The van der Waals surface area contributed by atoms with Crippen LogP contribution in [0.15, 0.2) is 138 Å². The van der Waals surface area contributed by atoms with Gasteiger partial charge in [0.1, 0.15) is 17.0 Å². The highest BCUT2D eigenvalue weighted by Gasteiger charge is 2.21. The molecule has 1 aliphatic rings. The second-order valence-electron chi connectivity index (χ2n) is 8.49. The predicted molar refractivity (Wildman–Crippen MR) is 158 cm³/mol. The molecule has 2 heterocycles. The zero-order valence-electron chi connectivity index (χ0n) is 20.2. The molecule has 0 radical (unpaired) electrons. The van der Waals surface area contributed by atoms with Crippen LogP contribution in [0.4, 0.5) is 5.69 Å². The van der Waals surface area contributed by atoms with Crippen molar-refractivity contribution < 1.29 is 0 Å². The van der Waals surface area contributed by atoms with E-state index in [0.29, 0.717) is 4.83 Å². The molecule has 0 bridgehead atoms. The van der Waals surface area contributed by atoms with Gasteiger partial charge in [-0.2, -0.15) is 0 Å². The van der Waals surface area contributed by atoms with Gasteiger partial charge in [-0.05, 0) is 22.3 Å². The maximum atomic E-state index is 4.48. The van der Waals surface area contributed by atoms with Gasteiger partial charge in [0.25, 0.3) is 0 Å². The molecule has 6 rings (SSSR count). The lowest BCUT2D eigenvalue weighted by atomic mass is 10.0. The SMILES string of the molecule is BrC(c1ccccc1)c1ccccc1.C1=Nc2c(ncnc2SC(c2ccccc2)c2ccccc2)C1. The quantitative estimate of drug-likeness (QED) is 0.118. The second-order valence-corrected chi connectivity index (χ2v) is 10.5. The minimum absolute atomic E-state index is 0.187. The summed E-state index contributed by atoms with van der Waals surface area (Å²) in [5.74, 6) is 0. The monoisotopic (exact) mass is 563 g/mol. The Balaban J connectivity index is 0.000000171. The van der Waals surface area contributed by atoms with E-state index in [1.807, 2.05) is 30.5 Å². The summed E-state index contributed by atoms with van der Waals surface area (Å²) in [4.78, 5) is 13.6. The van der Waals surface area contributed by atoms with E-state index in [2.05, 4.69) is 128 Å². The number of nitrogens with zero attached hydrogens (tertiary/aromatic N) is 3. The average Bonchev–Trinajstić information content (AvgIpc) is 3.48. The highest BCUT2D eigenvalue weighted by Crippen LogP contribution is 2.44. The van der Waals surface area contributed by atoms with Gasteiger partial charge < -0.3 is 0 Å². The summed E-state index contributed by atoms with van der Waals surface area (Å²) < 4.78 is 0. The van der Waals surface area contributed by atoms with Crippen LogP contribution in [0.5, 0.6) is 0 Å². The molecule has 0 amide bonds. The van der Waals surface area contributed by atoms with E-state index in [4.69, 9.17) is 0 Å². The normalized spacial score (nSPS) is 11.8. The fourth-order valence-corrected chi connectivity index (χ4v) is 5.93. The van der Waals surface area contributed by atoms with Crippen molar-refractivity contribution in [3.63, 3.8) is 0 Å². The van der Waals surface area contributed by atoms with Gasteiger partial charge in [-0.25, -0.2) is 9.97 Å². The van der Waals surface area contributed by atoms with Gasteiger partial charge in [0, 0.05) is 12.6 Å². The molecule has 0 saturated heterocycles. The lowest BCUT2D eigenvalue weighted by molar-refractivity contribution is 0.998. The van der Waals surface area contributed by atoms with Crippen LogP contribution in [0, 0.1) is 0 Å². The first-order valence-corrected chi connectivity index (χ1v) is 14.0.